The van der Waals surface area contributed by atoms with Gasteiger partial charge in [0.25, 0.3) is 0 Å². The second kappa shape index (κ2) is 7.94. The summed E-state index contributed by atoms with van der Waals surface area (Å²) in [5.74, 6) is 0.987. The Labute approximate surface area is 178 Å². The number of hydrogen-bond donors (Lipinski definition) is 0. The highest BCUT2D eigenvalue weighted by Gasteiger charge is 2.21. The summed E-state index contributed by atoms with van der Waals surface area (Å²) in [5.41, 5.74) is 4.08. The summed E-state index contributed by atoms with van der Waals surface area (Å²) < 4.78 is 11.8. The maximum atomic E-state index is 12.1. The van der Waals surface area contributed by atoms with Crippen LogP contribution in [0.4, 0.5) is 0 Å². The van der Waals surface area contributed by atoms with Gasteiger partial charge in [0, 0.05) is 28.6 Å². The molecule has 0 N–H and O–H groups in total. The molecule has 5 heteroatoms. The second-order valence-electron chi connectivity index (χ2n) is 6.78. The molecule has 0 fully saturated rings. The van der Waals surface area contributed by atoms with E-state index in [-0.39, 0.29) is 10.5 Å². The Hall–Kier alpha value is -2.75. The van der Waals surface area contributed by atoms with E-state index < -0.39 is 0 Å². The minimum absolute atomic E-state index is 0.150. The number of benzene rings is 3. The molecule has 0 atom stereocenters. The lowest BCUT2D eigenvalue weighted by Gasteiger charge is -2.18. The molecule has 29 heavy (non-hydrogen) atoms. The number of aryl methyl sites for hydroxylation is 1. The van der Waals surface area contributed by atoms with E-state index in [1.165, 1.54) is 6.07 Å². The number of hydrogen-bond acceptors (Lipinski definition) is 3. The van der Waals surface area contributed by atoms with E-state index in [2.05, 4.69) is 6.58 Å². The van der Waals surface area contributed by atoms with Gasteiger partial charge in [-0.25, -0.2) is 0 Å². The summed E-state index contributed by atoms with van der Waals surface area (Å²) in [6.07, 6.45) is 2.48. The quantitative estimate of drug-likeness (QED) is 0.194. The molecule has 0 unspecified atom stereocenters. The normalized spacial score (nSPS) is 11.1. The van der Waals surface area contributed by atoms with Crippen LogP contribution in [0.3, 0.4) is 0 Å². The predicted molar refractivity (Wildman–Crippen MR) is 120 cm³/mol. The Balaban J connectivity index is 2.07. The fourth-order valence-corrected chi connectivity index (χ4v) is 3.78. The van der Waals surface area contributed by atoms with E-state index >= 15 is 0 Å². The van der Waals surface area contributed by atoms with Gasteiger partial charge in [-0.3, -0.25) is 4.79 Å². The van der Waals surface area contributed by atoms with Gasteiger partial charge < -0.3 is 9.15 Å². The molecule has 0 amide bonds. The first-order chi connectivity index (χ1) is 14.0. The van der Waals surface area contributed by atoms with Crippen LogP contribution in [0.1, 0.15) is 12.0 Å². The monoisotopic (exact) mass is 424 g/mol. The van der Waals surface area contributed by atoms with Gasteiger partial charge in [0.1, 0.15) is 17.1 Å². The molecule has 0 radical (unpaired) electrons. The molecule has 0 spiro atoms. The number of halogens is 2. The van der Waals surface area contributed by atoms with E-state index in [4.69, 9.17) is 32.4 Å². The Bertz CT molecular complexity index is 1260. The molecule has 3 nitrogen and oxygen atoms in total. The molecule has 0 saturated carbocycles. The third kappa shape index (κ3) is 3.64. The van der Waals surface area contributed by atoms with Crippen molar-refractivity contribution >= 4 is 34.2 Å². The van der Waals surface area contributed by atoms with Crippen molar-refractivity contribution in [1.29, 1.82) is 0 Å². The highest BCUT2D eigenvalue weighted by atomic mass is 35.5. The molecular weight excluding hydrogens is 407 g/mol. The number of ether oxygens (including phenoxy) is 1. The zero-order valence-corrected chi connectivity index (χ0v) is 17.3. The highest BCUT2D eigenvalue weighted by molar-refractivity contribution is 6.33. The molecular formula is C24H18Cl2O3. The van der Waals surface area contributed by atoms with Crippen molar-refractivity contribution in [1.82, 2.24) is 0 Å². The molecule has 1 aliphatic heterocycles. The maximum absolute atomic E-state index is 12.1. The van der Waals surface area contributed by atoms with Crippen LogP contribution in [0.5, 0.6) is 5.75 Å². The van der Waals surface area contributed by atoms with Crippen LogP contribution >= 0.6 is 23.2 Å². The second-order valence-corrected chi connectivity index (χ2v) is 7.59. The summed E-state index contributed by atoms with van der Waals surface area (Å²) in [7, 11) is 0. The molecule has 2 aromatic rings. The number of rotatable bonds is 5. The lowest BCUT2D eigenvalue weighted by atomic mass is 9.91. The lowest BCUT2D eigenvalue weighted by molar-refractivity contribution is 0.325. The fourth-order valence-electron chi connectivity index (χ4n) is 3.40. The van der Waals surface area contributed by atoms with Gasteiger partial charge in [-0.05, 0) is 36.6 Å². The maximum Gasteiger partial charge on any atom is 0.200 e. The molecule has 0 saturated heterocycles. The molecule has 2 aromatic carbocycles. The van der Waals surface area contributed by atoms with Crippen LogP contribution < -0.4 is 10.2 Å². The summed E-state index contributed by atoms with van der Waals surface area (Å²) in [5, 5.41) is 1.46. The van der Waals surface area contributed by atoms with Crippen LogP contribution in [0.2, 0.25) is 10.0 Å². The first-order valence-electron chi connectivity index (χ1n) is 9.19. The van der Waals surface area contributed by atoms with E-state index in [9.17, 15) is 4.79 Å². The van der Waals surface area contributed by atoms with Crippen molar-refractivity contribution in [3.63, 3.8) is 0 Å². The zero-order valence-electron chi connectivity index (χ0n) is 15.8. The van der Waals surface area contributed by atoms with Crippen molar-refractivity contribution in [3.8, 4) is 28.2 Å². The van der Waals surface area contributed by atoms with Gasteiger partial charge >= 0.3 is 0 Å². The van der Waals surface area contributed by atoms with Gasteiger partial charge in [-0.1, -0.05) is 53.5 Å². The molecule has 1 aliphatic carbocycles. The Morgan fingerprint density at radius 3 is 2.62 bits per heavy atom. The first kappa shape index (κ1) is 19.6. The summed E-state index contributed by atoms with van der Waals surface area (Å²) in [6, 6.07) is 14.7. The van der Waals surface area contributed by atoms with Crippen LogP contribution in [-0.2, 0) is 0 Å². The SMILES string of the molecule is C=CCCOc1cc2oc3cc(=O)c(Cl)cc-3c(-c3ccccc3C)c2cc1Cl. The van der Waals surface area contributed by atoms with E-state index in [0.717, 1.165) is 27.6 Å². The smallest absolute Gasteiger partial charge is 0.200 e. The van der Waals surface area contributed by atoms with Crippen molar-refractivity contribution in [2.75, 3.05) is 6.61 Å². The van der Waals surface area contributed by atoms with Gasteiger partial charge in [-0.15, -0.1) is 6.58 Å². The topological polar surface area (TPSA) is 39.4 Å². The van der Waals surface area contributed by atoms with Gasteiger partial charge in [-0.2, -0.15) is 0 Å². The minimum atomic E-state index is -0.283. The summed E-state index contributed by atoms with van der Waals surface area (Å²) >= 11 is 12.7. The summed E-state index contributed by atoms with van der Waals surface area (Å²) in [6.45, 7) is 6.20. The van der Waals surface area contributed by atoms with E-state index in [1.54, 1.807) is 18.2 Å². The Morgan fingerprint density at radius 2 is 1.86 bits per heavy atom. The van der Waals surface area contributed by atoms with Crippen LogP contribution in [0.15, 0.2) is 70.4 Å². The van der Waals surface area contributed by atoms with Crippen molar-refractivity contribution in [2.45, 2.75) is 13.3 Å². The molecule has 2 aliphatic rings. The molecule has 0 bridgehead atoms. The minimum Gasteiger partial charge on any atom is -0.492 e. The average molecular weight is 425 g/mol. The third-order valence-electron chi connectivity index (χ3n) is 4.82. The predicted octanol–water partition coefficient (Wildman–Crippen LogP) is 7.13. The largest absolute Gasteiger partial charge is 0.492 e. The Kier molecular flexibility index (Phi) is 5.35. The van der Waals surface area contributed by atoms with E-state index in [1.807, 2.05) is 37.3 Å². The number of fused-ring (bicyclic) bond motifs is 2. The lowest BCUT2D eigenvalue weighted by Crippen LogP contribution is -2.03. The van der Waals surface area contributed by atoms with Crippen molar-refractivity contribution in [3.05, 3.63) is 87.0 Å². The van der Waals surface area contributed by atoms with E-state index in [0.29, 0.717) is 35.1 Å². The molecule has 1 heterocycles. The zero-order chi connectivity index (χ0) is 20.5. The van der Waals surface area contributed by atoms with Crippen molar-refractivity contribution < 1.29 is 9.15 Å². The van der Waals surface area contributed by atoms with Gasteiger partial charge in [0.15, 0.2) is 0 Å². The van der Waals surface area contributed by atoms with Gasteiger partial charge in [0.2, 0.25) is 5.43 Å². The van der Waals surface area contributed by atoms with Crippen molar-refractivity contribution in [2.24, 2.45) is 0 Å². The Morgan fingerprint density at radius 1 is 1.07 bits per heavy atom. The molecule has 146 valence electrons. The average Bonchev–Trinajstić information content (AvgIpc) is 2.69. The fraction of sp³-hybridized carbons (Fsp3) is 0.125. The molecule has 4 rings (SSSR count). The molecule has 0 aromatic heterocycles. The van der Waals surface area contributed by atoms with Gasteiger partial charge in [0.05, 0.1) is 16.7 Å². The standard InChI is InChI=1S/C24H18Cl2O3/c1-3-4-9-28-23-13-22-17(11-19(23)26)24(15-8-6-5-7-14(15)2)16-10-18(25)20(27)12-21(16)29-22/h3,5-8,10-13H,1,4,9H2,2H3. The third-order valence-corrected chi connectivity index (χ3v) is 5.41. The van der Waals surface area contributed by atoms with Crippen LogP contribution in [0.25, 0.3) is 33.4 Å². The van der Waals surface area contributed by atoms with Crippen LogP contribution in [-0.4, -0.2) is 6.61 Å². The van der Waals surface area contributed by atoms with Crippen LogP contribution in [0, 0.1) is 6.92 Å². The summed E-state index contributed by atoms with van der Waals surface area (Å²) in [4.78, 5) is 12.1. The highest BCUT2D eigenvalue weighted by Crippen LogP contribution is 2.44. The first-order valence-corrected chi connectivity index (χ1v) is 9.94.